The molecule has 0 spiro atoms. The van der Waals surface area contributed by atoms with Crippen LogP contribution in [0.4, 0.5) is 0 Å². The second-order valence-electron chi connectivity index (χ2n) is 5.96. The summed E-state index contributed by atoms with van der Waals surface area (Å²) >= 11 is 3.38. The molecule has 3 aromatic rings. The van der Waals surface area contributed by atoms with Crippen LogP contribution in [-0.2, 0) is 6.54 Å². The minimum absolute atomic E-state index is 0.0759. The van der Waals surface area contributed by atoms with E-state index in [9.17, 15) is 4.79 Å². The fourth-order valence-corrected chi connectivity index (χ4v) is 3.11. The fourth-order valence-electron chi connectivity index (χ4n) is 2.82. The molecule has 7 heteroatoms. The lowest BCUT2D eigenvalue weighted by atomic mass is 10.1. The van der Waals surface area contributed by atoms with Gasteiger partial charge < -0.3 is 14.4 Å². The second-order valence-corrected chi connectivity index (χ2v) is 6.88. The topological polar surface area (TPSA) is 56.6 Å². The van der Waals surface area contributed by atoms with Crippen LogP contribution in [0.5, 0.6) is 11.5 Å². The minimum atomic E-state index is -0.0759. The number of rotatable bonds is 6. The van der Waals surface area contributed by atoms with Crippen molar-refractivity contribution in [3.8, 4) is 17.2 Å². The van der Waals surface area contributed by atoms with Crippen LogP contribution >= 0.6 is 15.9 Å². The Morgan fingerprint density at radius 2 is 1.89 bits per heavy atom. The highest BCUT2D eigenvalue weighted by molar-refractivity contribution is 9.10. The number of methoxy groups -OCH3 is 2. The molecular formula is C20H20BrN3O3. The molecule has 0 bridgehead atoms. The first-order valence-corrected chi connectivity index (χ1v) is 9.08. The Hall–Kier alpha value is -2.80. The molecule has 6 nitrogen and oxygen atoms in total. The molecule has 3 rings (SSSR count). The van der Waals surface area contributed by atoms with E-state index in [1.807, 2.05) is 36.5 Å². The molecule has 0 aliphatic rings. The molecule has 0 atom stereocenters. The summed E-state index contributed by atoms with van der Waals surface area (Å²) in [4.78, 5) is 14.4. The van der Waals surface area contributed by atoms with Gasteiger partial charge in [0.05, 0.1) is 30.6 Å². The summed E-state index contributed by atoms with van der Waals surface area (Å²) in [5.74, 6) is 1.21. The Kier molecular flexibility index (Phi) is 5.81. The van der Waals surface area contributed by atoms with Crippen LogP contribution in [0.2, 0.25) is 0 Å². The first-order valence-electron chi connectivity index (χ1n) is 8.29. The third kappa shape index (κ3) is 4.14. The van der Waals surface area contributed by atoms with E-state index >= 15 is 0 Å². The lowest BCUT2D eigenvalue weighted by Crippen LogP contribution is -2.26. The van der Waals surface area contributed by atoms with Crippen molar-refractivity contribution in [3.05, 3.63) is 70.5 Å². The molecule has 0 aliphatic heterocycles. The molecule has 0 saturated carbocycles. The second kappa shape index (κ2) is 8.26. The van der Waals surface area contributed by atoms with Gasteiger partial charge in [-0.25, -0.2) is 4.68 Å². The maximum Gasteiger partial charge on any atom is 0.253 e. The van der Waals surface area contributed by atoms with Gasteiger partial charge >= 0.3 is 0 Å². The highest BCUT2D eigenvalue weighted by Crippen LogP contribution is 2.31. The van der Waals surface area contributed by atoms with Gasteiger partial charge in [0.25, 0.3) is 5.91 Å². The highest BCUT2D eigenvalue weighted by atomic mass is 79.9. The number of ether oxygens (including phenoxy) is 2. The van der Waals surface area contributed by atoms with E-state index in [1.165, 1.54) is 0 Å². The smallest absolute Gasteiger partial charge is 0.253 e. The van der Waals surface area contributed by atoms with Gasteiger partial charge in [-0.3, -0.25) is 4.79 Å². The van der Waals surface area contributed by atoms with Crippen molar-refractivity contribution in [1.82, 2.24) is 14.7 Å². The number of para-hydroxylation sites is 1. The molecule has 0 unspecified atom stereocenters. The molecule has 1 amide bonds. The summed E-state index contributed by atoms with van der Waals surface area (Å²) in [7, 11) is 4.95. The lowest BCUT2D eigenvalue weighted by molar-refractivity contribution is 0.0784. The number of benzene rings is 2. The zero-order valence-electron chi connectivity index (χ0n) is 15.3. The zero-order chi connectivity index (χ0) is 19.4. The Morgan fingerprint density at radius 1 is 1.15 bits per heavy atom. The lowest BCUT2D eigenvalue weighted by Gasteiger charge is -2.20. The molecule has 27 heavy (non-hydrogen) atoms. The molecule has 0 radical (unpaired) electrons. The molecule has 1 heterocycles. The van der Waals surface area contributed by atoms with Gasteiger partial charge in [0.15, 0.2) is 11.5 Å². The van der Waals surface area contributed by atoms with E-state index < -0.39 is 0 Å². The first kappa shape index (κ1) is 19.0. The van der Waals surface area contributed by atoms with Crippen molar-refractivity contribution < 1.29 is 14.3 Å². The van der Waals surface area contributed by atoms with Gasteiger partial charge in [0, 0.05) is 30.9 Å². The van der Waals surface area contributed by atoms with Gasteiger partial charge in [-0.1, -0.05) is 12.1 Å². The molecule has 0 saturated heterocycles. The number of amides is 1. The number of halogens is 1. The number of aromatic nitrogens is 2. The first-order chi connectivity index (χ1) is 13.0. The maximum atomic E-state index is 12.8. The number of carbonyl (C=O) groups excluding carboxylic acids is 1. The standard InChI is InChI=1S/C20H20BrN3O3/c1-23(12-15-5-4-6-18(26-2)19(15)27-3)20(25)14-7-9-17(10-8-14)24-13-16(21)11-22-24/h4-11,13H,12H2,1-3H3. The van der Waals surface area contributed by atoms with Gasteiger partial charge in [-0.15, -0.1) is 0 Å². The Balaban J connectivity index is 1.76. The Bertz CT molecular complexity index is 938. The van der Waals surface area contributed by atoms with Gasteiger partial charge in [0.1, 0.15) is 0 Å². The zero-order valence-corrected chi connectivity index (χ0v) is 16.9. The quantitative estimate of drug-likeness (QED) is 0.595. The van der Waals surface area contributed by atoms with Crippen molar-refractivity contribution in [1.29, 1.82) is 0 Å². The van der Waals surface area contributed by atoms with Gasteiger partial charge in [0.2, 0.25) is 0 Å². The third-order valence-electron chi connectivity index (χ3n) is 4.17. The van der Waals surface area contributed by atoms with Gasteiger partial charge in [-0.2, -0.15) is 5.10 Å². The predicted octanol–water partition coefficient (Wildman–Crippen LogP) is 3.92. The van der Waals surface area contributed by atoms with Crippen LogP contribution in [-0.4, -0.2) is 41.9 Å². The molecule has 1 aromatic heterocycles. The predicted molar refractivity (Wildman–Crippen MR) is 107 cm³/mol. The molecule has 2 aromatic carbocycles. The van der Waals surface area contributed by atoms with Gasteiger partial charge in [-0.05, 0) is 46.3 Å². The molecule has 140 valence electrons. The number of nitrogens with zero attached hydrogens (tertiary/aromatic N) is 3. The largest absolute Gasteiger partial charge is 0.493 e. The molecule has 0 aliphatic carbocycles. The monoisotopic (exact) mass is 429 g/mol. The average Bonchev–Trinajstić information content (AvgIpc) is 3.13. The van der Waals surface area contributed by atoms with Crippen molar-refractivity contribution in [3.63, 3.8) is 0 Å². The summed E-state index contributed by atoms with van der Waals surface area (Å²) in [5, 5.41) is 4.24. The summed E-state index contributed by atoms with van der Waals surface area (Å²) in [6.45, 7) is 0.410. The van der Waals surface area contributed by atoms with Crippen molar-refractivity contribution in [2.24, 2.45) is 0 Å². The van der Waals surface area contributed by atoms with Crippen molar-refractivity contribution >= 4 is 21.8 Å². The number of carbonyl (C=O) groups is 1. The normalized spacial score (nSPS) is 10.5. The number of hydrogen-bond donors (Lipinski definition) is 0. The highest BCUT2D eigenvalue weighted by Gasteiger charge is 2.16. The SMILES string of the molecule is COc1cccc(CN(C)C(=O)c2ccc(-n3cc(Br)cn3)cc2)c1OC. The maximum absolute atomic E-state index is 12.8. The van der Waals surface area contributed by atoms with Crippen LogP contribution in [0.25, 0.3) is 5.69 Å². The van der Waals surface area contributed by atoms with E-state index in [4.69, 9.17) is 9.47 Å². The van der Waals surface area contributed by atoms with Crippen molar-refractivity contribution in [2.75, 3.05) is 21.3 Å². The summed E-state index contributed by atoms with van der Waals surface area (Å²) in [6, 6.07) is 13.0. The van der Waals surface area contributed by atoms with Crippen LogP contribution in [0.1, 0.15) is 15.9 Å². The van der Waals surface area contributed by atoms with Crippen LogP contribution < -0.4 is 9.47 Å². The van der Waals surface area contributed by atoms with Crippen molar-refractivity contribution in [2.45, 2.75) is 6.54 Å². The molecular weight excluding hydrogens is 410 g/mol. The fraction of sp³-hybridized carbons (Fsp3) is 0.200. The third-order valence-corrected chi connectivity index (χ3v) is 4.58. The minimum Gasteiger partial charge on any atom is -0.493 e. The Morgan fingerprint density at radius 3 is 2.48 bits per heavy atom. The summed E-state index contributed by atoms with van der Waals surface area (Å²) < 4.78 is 13.4. The van der Waals surface area contributed by atoms with Crippen LogP contribution in [0.15, 0.2) is 59.3 Å². The van der Waals surface area contributed by atoms with E-state index in [0.29, 0.717) is 23.6 Å². The Labute approximate surface area is 166 Å². The van der Waals surface area contributed by atoms with E-state index in [0.717, 1.165) is 15.7 Å². The van der Waals surface area contributed by atoms with E-state index in [2.05, 4.69) is 21.0 Å². The summed E-state index contributed by atoms with van der Waals surface area (Å²) in [6.07, 6.45) is 3.58. The van der Waals surface area contributed by atoms with Crippen LogP contribution in [0, 0.1) is 0 Å². The molecule has 0 fully saturated rings. The van der Waals surface area contributed by atoms with E-state index in [1.54, 1.807) is 49.2 Å². The number of hydrogen-bond acceptors (Lipinski definition) is 4. The summed E-state index contributed by atoms with van der Waals surface area (Å²) in [5.41, 5.74) is 2.37. The van der Waals surface area contributed by atoms with E-state index in [-0.39, 0.29) is 5.91 Å². The average molecular weight is 430 g/mol. The molecule has 0 N–H and O–H groups in total. The van der Waals surface area contributed by atoms with Crippen LogP contribution in [0.3, 0.4) is 0 Å².